The Labute approximate surface area is 148 Å². The zero-order chi connectivity index (χ0) is 18.1. The van der Waals surface area contributed by atoms with Crippen molar-refractivity contribution in [1.29, 1.82) is 5.26 Å². The van der Waals surface area contributed by atoms with Crippen molar-refractivity contribution in [1.82, 2.24) is 25.1 Å². The Morgan fingerprint density at radius 2 is 2.27 bits per heavy atom. The number of nitrogens with one attached hydrogen (secondary N) is 2. The third-order valence-corrected chi connectivity index (χ3v) is 4.47. The van der Waals surface area contributed by atoms with Crippen molar-refractivity contribution in [2.75, 3.05) is 18.4 Å². The minimum Gasteiger partial charge on any atom is -0.465 e. The SMILES string of the molecule is N#Cc1cnc2cnc(NC3CCN(C(=O)O)C3)cc2c1-c1cn[nH]c1. The van der Waals surface area contributed by atoms with Crippen LogP contribution in [0.2, 0.25) is 0 Å². The van der Waals surface area contributed by atoms with Crippen molar-refractivity contribution < 1.29 is 9.90 Å². The number of aromatic amines is 1. The van der Waals surface area contributed by atoms with Crippen molar-refractivity contribution in [2.45, 2.75) is 12.5 Å². The molecule has 1 unspecified atom stereocenters. The lowest BCUT2D eigenvalue weighted by Gasteiger charge is -2.15. The van der Waals surface area contributed by atoms with Gasteiger partial charge in [-0.1, -0.05) is 0 Å². The Kier molecular flexibility index (Phi) is 3.85. The van der Waals surface area contributed by atoms with Crippen LogP contribution >= 0.6 is 0 Å². The molecule has 1 aliphatic heterocycles. The largest absolute Gasteiger partial charge is 0.465 e. The molecular formula is C17H15N7O2. The topological polar surface area (TPSA) is 131 Å². The van der Waals surface area contributed by atoms with Gasteiger partial charge in [-0.25, -0.2) is 9.78 Å². The van der Waals surface area contributed by atoms with Crippen LogP contribution in [0, 0.1) is 11.3 Å². The van der Waals surface area contributed by atoms with E-state index in [0.29, 0.717) is 30.0 Å². The van der Waals surface area contributed by atoms with Crippen LogP contribution < -0.4 is 5.32 Å². The van der Waals surface area contributed by atoms with Crippen molar-refractivity contribution >= 4 is 22.8 Å². The highest BCUT2D eigenvalue weighted by molar-refractivity contribution is 5.97. The number of aromatic nitrogens is 4. The molecule has 1 aliphatic rings. The first kappa shape index (κ1) is 15.8. The number of hydrogen-bond acceptors (Lipinski definition) is 6. The highest BCUT2D eigenvalue weighted by Gasteiger charge is 2.26. The summed E-state index contributed by atoms with van der Waals surface area (Å²) >= 11 is 0. The van der Waals surface area contributed by atoms with Crippen LogP contribution in [0.3, 0.4) is 0 Å². The zero-order valence-corrected chi connectivity index (χ0v) is 13.7. The summed E-state index contributed by atoms with van der Waals surface area (Å²) in [6.07, 6.45) is 6.37. The van der Waals surface area contributed by atoms with Crippen LogP contribution in [0.4, 0.5) is 10.6 Å². The molecule has 1 amide bonds. The minimum atomic E-state index is -0.911. The predicted molar refractivity (Wildman–Crippen MR) is 93.5 cm³/mol. The molecule has 3 N–H and O–H groups in total. The average Bonchev–Trinajstić information content (AvgIpc) is 3.32. The fourth-order valence-electron chi connectivity index (χ4n) is 3.22. The minimum absolute atomic E-state index is 0.000494. The van der Waals surface area contributed by atoms with Gasteiger partial charge in [-0.3, -0.25) is 10.1 Å². The smallest absolute Gasteiger partial charge is 0.407 e. The van der Waals surface area contributed by atoms with Crippen LogP contribution in [0.25, 0.3) is 22.0 Å². The normalized spacial score (nSPS) is 16.6. The number of anilines is 1. The summed E-state index contributed by atoms with van der Waals surface area (Å²) in [6, 6.07) is 4.01. The molecule has 4 heterocycles. The third kappa shape index (κ3) is 2.77. The number of pyridine rings is 2. The second-order valence-electron chi connectivity index (χ2n) is 6.09. The van der Waals surface area contributed by atoms with Crippen LogP contribution in [-0.4, -0.2) is 55.4 Å². The lowest BCUT2D eigenvalue weighted by Crippen LogP contribution is -2.30. The second-order valence-corrected chi connectivity index (χ2v) is 6.09. The highest BCUT2D eigenvalue weighted by Crippen LogP contribution is 2.31. The maximum absolute atomic E-state index is 11.1. The number of carboxylic acid groups (broad SMARTS) is 1. The summed E-state index contributed by atoms with van der Waals surface area (Å²) in [6.45, 7) is 0.918. The molecule has 3 aromatic rings. The van der Waals surface area contributed by atoms with E-state index < -0.39 is 6.09 Å². The first-order valence-electron chi connectivity index (χ1n) is 8.08. The fraction of sp³-hybridized carbons (Fsp3) is 0.235. The van der Waals surface area contributed by atoms with Crippen molar-refractivity contribution in [2.24, 2.45) is 0 Å². The van der Waals surface area contributed by atoms with Crippen LogP contribution in [0.1, 0.15) is 12.0 Å². The average molecular weight is 349 g/mol. The Morgan fingerprint density at radius 1 is 1.38 bits per heavy atom. The van der Waals surface area contributed by atoms with E-state index in [9.17, 15) is 10.1 Å². The monoisotopic (exact) mass is 349 g/mol. The number of carbonyl (C=O) groups is 1. The number of nitrogens with zero attached hydrogens (tertiary/aromatic N) is 5. The molecule has 1 atom stereocenters. The second kappa shape index (κ2) is 6.33. The molecule has 1 saturated heterocycles. The lowest BCUT2D eigenvalue weighted by atomic mass is 10.0. The van der Waals surface area contributed by atoms with Crippen LogP contribution in [-0.2, 0) is 0 Å². The van der Waals surface area contributed by atoms with Gasteiger partial charge in [0.15, 0.2) is 0 Å². The summed E-state index contributed by atoms with van der Waals surface area (Å²) in [5, 5.41) is 29.3. The van der Waals surface area contributed by atoms with Crippen molar-refractivity contribution in [3.8, 4) is 17.2 Å². The van der Waals surface area contributed by atoms with Gasteiger partial charge in [0.25, 0.3) is 0 Å². The first-order valence-corrected chi connectivity index (χ1v) is 8.08. The third-order valence-electron chi connectivity index (χ3n) is 4.47. The van der Waals surface area contributed by atoms with Gasteiger partial charge in [-0.05, 0) is 12.5 Å². The molecule has 0 radical (unpaired) electrons. The molecule has 0 bridgehead atoms. The first-order chi connectivity index (χ1) is 12.7. The molecular weight excluding hydrogens is 334 g/mol. The summed E-state index contributed by atoms with van der Waals surface area (Å²) in [7, 11) is 0. The number of amides is 1. The molecule has 3 aromatic heterocycles. The maximum atomic E-state index is 11.1. The van der Waals surface area contributed by atoms with Crippen LogP contribution in [0.5, 0.6) is 0 Å². The number of likely N-dealkylation sites (tertiary alicyclic amines) is 1. The Hall–Kier alpha value is -3.67. The van der Waals surface area contributed by atoms with E-state index in [4.69, 9.17) is 5.11 Å². The van der Waals surface area contributed by atoms with E-state index in [1.165, 1.54) is 11.1 Å². The maximum Gasteiger partial charge on any atom is 0.407 e. The van der Waals surface area contributed by atoms with Crippen molar-refractivity contribution in [3.05, 3.63) is 36.4 Å². The van der Waals surface area contributed by atoms with E-state index in [2.05, 4.69) is 31.6 Å². The predicted octanol–water partition coefficient (Wildman–Crippen LogP) is 2.06. The molecule has 0 saturated carbocycles. The molecule has 9 heteroatoms. The number of fused-ring (bicyclic) bond motifs is 1. The zero-order valence-electron chi connectivity index (χ0n) is 13.7. The lowest BCUT2D eigenvalue weighted by molar-refractivity contribution is 0.155. The van der Waals surface area contributed by atoms with Gasteiger partial charge >= 0.3 is 6.09 Å². The van der Waals surface area contributed by atoms with Gasteiger partial charge in [0.05, 0.1) is 23.5 Å². The van der Waals surface area contributed by atoms with E-state index in [1.807, 2.05) is 6.07 Å². The van der Waals surface area contributed by atoms with E-state index in [1.54, 1.807) is 18.6 Å². The van der Waals surface area contributed by atoms with Crippen molar-refractivity contribution in [3.63, 3.8) is 0 Å². The Bertz CT molecular complexity index is 1010. The summed E-state index contributed by atoms with van der Waals surface area (Å²) < 4.78 is 0. The molecule has 130 valence electrons. The molecule has 0 spiro atoms. The van der Waals surface area contributed by atoms with Gasteiger partial charge in [0.1, 0.15) is 11.9 Å². The van der Waals surface area contributed by atoms with Gasteiger partial charge in [-0.15, -0.1) is 0 Å². The standard InChI is InChI=1S/C17H15N7O2/c18-4-10-5-19-14-8-20-15(23-12-1-2-24(9-12)17(25)26)3-13(14)16(10)11-6-21-22-7-11/h3,5-8,12H,1-2,9H2,(H,20,23)(H,21,22)(H,25,26). The van der Waals surface area contributed by atoms with E-state index in [0.717, 1.165) is 22.9 Å². The fourth-order valence-corrected chi connectivity index (χ4v) is 3.22. The summed E-state index contributed by atoms with van der Waals surface area (Å²) in [5.41, 5.74) is 2.66. The van der Waals surface area contributed by atoms with Crippen LogP contribution in [0.15, 0.2) is 30.9 Å². The van der Waals surface area contributed by atoms with Gasteiger partial charge in [-0.2, -0.15) is 10.4 Å². The quantitative estimate of drug-likeness (QED) is 0.659. The van der Waals surface area contributed by atoms with E-state index in [-0.39, 0.29) is 6.04 Å². The van der Waals surface area contributed by atoms with Gasteiger partial charge < -0.3 is 15.3 Å². The number of H-pyrrole nitrogens is 1. The highest BCUT2D eigenvalue weighted by atomic mass is 16.4. The molecule has 4 rings (SSSR count). The number of nitriles is 1. The molecule has 9 nitrogen and oxygen atoms in total. The number of rotatable bonds is 3. The molecule has 1 fully saturated rings. The van der Waals surface area contributed by atoms with Gasteiger partial charge in [0, 0.05) is 48.0 Å². The summed E-state index contributed by atoms with van der Waals surface area (Å²) in [5.74, 6) is 0.622. The number of hydrogen-bond donors (Lipinski definition) is 3. The van der Waals surface area contributed by atoms with E-state index >= 15 is 0 Å². The Balaban J connectivity index is 1.72. The molecule has 0 aromatic carbocycles. The summed E-state index contributed by atoms with van der Waals surface area (Å²) in [4.78, 5) is 21.1. The van der Waals surface area contributed by atoms with Gasteiger partial charge in [0.2, 0.25) is 0 Å². The Morgan fingerprint density at radius 3 is 2.96 bits per heavy atom. The molecule has 0 aliphatic carbocycles. The molecule has 26 heavy (non-hydrogen) atoms.